The van der Waals surface area contributed by atoms with Crippen LogP contribution in [0.25, 0.3) is 0 Å². The van der Waals surface area contributed by atoms with Crippen molar-refractivity contribution in [1.29, 1.82) is 0 Å². The molecule has 0 saturated carbocycles. The number of allylic oxidation sites excluding steroid dienone is 1. The molecule has 1 unspecified atom stereocenters. The lowest BCUT2D eigenvalue weighted by Gasteiger charge is -2.22. The van der Waals surface area contributed by atoms with Crippen LogP contribution in [0.15, 0.2) is 73.5 Å². The van der Waals surface area contributed by atoms with Crippen LogP contribution in [-0.2, 0) is 0 Å². The van der Waals surface area contributed by atoms with Crippen molar-refractivity contribution in [2.45, 2.75) is 12.1 Å². The monoisotopic (exact) mass is 412 g/mol. The third kappa shape index (κ3) is 4.81. The Morgan fingerprint density at radius 3 is 2.26 bits per heavy atom. The largest absolute Gasteiger partial charge is 0.399 e. The Kier molecular flexibility index (Phi) is 5.72. The first-order chi connectivity index (χ1) is 12.8. The number of aromatic nitrogens is 3. The van der Waals surface area contributed by atoms with Crippen LogP contribution >= 0.6 is 23.2 Å². The lowest BCUT2D eigenvalue weighted by Crippen LogP contribution is -2.25. The molecule has 0 fully saturated rings. The highest BCUT2D eigenvalue weighted by Gasteiger charge is 2.39. The summed E-state index contributed by atoms with van der Waals surface area (Å²) in [4.78, 5) is 5.17. The van der Waals surface area contributed by atoms with E-state index in [1.807, 2.05) is 0 Å². The number of benzene rings is 2. The van der Waals surface area contributed by atoms with Gasteiger partial charge in [0.2, 0.25) is 0 Å². The predicted molar refractivity (Wildman–Crippen MR) is 98.7 cm³/mol. The smallest absolute Gasteiger partial charge is 0.240 e. The van der Waals surface area contributed by atoms with Crippen LogP contribution in [0.3, 0.4) is 0 Å². The van der Waals surface area contributed by atoms with E-state index in [0.717, 1.165) is 6.08 Å². The second-order valence-corrected chi connectivity index (χ2v) is 6.43. The summed E-state index contributed by atoms with van der Waals surface area (Å²) >= 11 is 11.8. The Morgan fingerprint density at radius 1 is 1.04 bits per heavy atom. The fourth-order valence-corrected chi connectivity index (χ4v) is 3.04. The minimum atomic E-state index is -4.53. The molecule has 0 spiro atoms. The van der Waals surface area contributed by atoms with Gasteiger partial charge in [-0.1, -0.05) is 41.4 Å². The number of halogens is 5. The molecule has 0 aliphatic carbocycles. The van der Waals surface area contributed by atoms with E-state index in [9.17, 15) is 13.2 Å². The topological polar surface area (TPSA) is 34.0 Å². The average molecular weight is 413 g/mol. The zero-order valence-electron chi connectivity index (χ0n) is 13.7. The Balaban J connectivity index is 2.01. The second-order valence-electron chi connectivity index (χ2n) is 5.56. The fourth-order valence-electron chi connectivity index (χ4n) is 2.50. The molecule has 27 heavy (non-hydrogen) atoms. The third-order valence-electron chi connectivity index (χ3n) is 3.66. The summed E-state index contributed by atoms with van der Waals surface area (Å²) in [5.41, 5.74) is 0.562. The van der Waals surface area contributed by atoms with Gasteiger partial charge >= 0.3 is 6.18 Å². The highest BCUT2D eigenvalue weighted by atomic mass is 35.5. The van der Waals surface area contributed by atoms with E-state index in [2.05, 4.69) is 10.1 Å². The van der Waals surface area contributed by atoms with E-state index in [-0.39, 0.29) is 15.6 Å². The molecule has 0 N–H and O–H groups in total. The number of nitrogens with zero attached hydrogens (tertiary/aromatic N) is 4. The fraction of sp³-hybridized carbons (Fsp3) is 0.111. The standard InChI is InChI=1S/C18H13Cl2F3N4/c19-14-8-13(9-15(20)10-14)17(18(21,22)23)6-7-26(27-12-24-11-25-27)16-4-2-1-3-5-16/h1-12,17H/b7-6+. The summed E-state index contributed by atoms with van der Waals surface area (Å²) in [7, 11) is 0. The SMILES string of the molecule is FC(F)(F)C(/C=C/N(c1ccccc1)n1cncn1)c1cc(Cl)cc(Cl)c1. The molecule has 0 amide bonds. The number of hydrogen-bond donors (Lipinski definition) is 0. The van der Waals surface area contributed by atoms with Gasteiger partial charge < -0.3 is 0 Å². The van der Waals surface area contributed by atoms with Crippen LogP contribution in [-0.4, -0.2) is 21.0 Å². The second kappa shape index (κ2) is 8.02. The van der Waals surface area contributed by atoms with Crippen molar-refractivity contribution in [3.8, 4) is 0 Å². The molecule has 4 nitrogen and oxygen atoms in total. The van der Waals surface area contributed by atoms with Crippen LogP contribution in [0.2, 0.25) is 10.0 Å². The van der Waals surface area contributed by atoms with Crippen molar-refractivity contribution < 1.29 is 13.2 Å². The quantitative estimate of drug-likeness (QED) is 0.537. The van der Waals surface area contributed by atoms with Crippen molar-refractivity contribution in [2.75, 3.05) is 5.01 Å². The van der Waals surface area contributed by atoms with Gasteiger partial charge in [0, 0.05) is 16.2 Å². The van der Waals surface area contributed by atoms with Crippen LogP contribution in [0, 0.1) is 0 Å². The van der Waals surface area contributed by atoms with Gasteiger partial charge in [-0.3, -0.25) is 0 Å². The van der Waals surface area contributed by atoms with Crippen molar-refractivity contribution in [3.05, 3.63) is 89.1 Å². The molecule has 140 valence electrons. The molecule has 1 aromatic heterocycles. The van der Waals surface area contributed by atoms with Crippen molar-refractivity contribution in [1.82, 2.24) is 14.9 Å². The molecule has 9 heteroatoms. The lowest BCUT2D eigenvalue weighted by atomic mass is 9.98. The maximum Gasteiger partial charge on any atom is 0.399 e. The van der Waals surface area contributed by atoms with Crippen molar-refractivity contribution in [3.63, 3.8) is 0 Å². The zero-order valence-corrected chi connectivity index (χ0v) is 15.2. The first-order valence-electron chi connectivity index (χ1n) is 7.75. The molecule has 0 bridgehead atoms. The summed E-state index contributed by atoms with van der Waals surface area (Å²) in [6.45, 7) is 0. The molecule has 2 aromatic carbocycles. The van der Waals surface area contributed by atoms with Gasteiger partial charge in [-0.2, -0.15) is 18.0 Å². The maximum atomic E-state index is 13.7. The minimum Gasteiger partial charge on any atom is -0.240 e. The summed E-state index contributed by atoms with van der Waals surface area (Å²) in [6.07, 6.45) is 0.459. The Labute approximate surface area is 163 Å². The highest BCUT2D eigenvalue weighted by molar-refractivity contribution is 6.34. The number of hydrogen-bond acceptors (Lipinski definition) is 3. The molecule has 0 aliphatic heterocycles. The van der Waals surface area contributed by atoms with Gasteiger partial charge in [0.15, 0.2) is 0 Å². The van der Waals surface area contributed by atoms with Gasteiger partial charge in [-0.25, -0.2) is 9.99 Å². The van der Waals surface area contributed by atoms with Crippen LogP contribution in [0.1, 0.15) is 11.5 Å². The van der Waals surface area contributed by atoms with E-state index in [4.69, 9.17) is 23.2 Å². The summed E-state index contributed by atoms with van der Waals surface area (Å²) in [6, 6.07) is 12.7. The molecule has 0 saturated heterocycles. The third-order valence-corrected chi connectivity index (χ3v) is 4.10. The van der Waals surface area contributed by atoms with Crippen LogP contribution in [0.4, 0.5) is 18.9 Å². The van der Waals surface area contributed by atoms with Gasteiger partial charge in [-0.15, -0.1) is 5.10 Å². The lowest BCUT2D eigenvalue weighted by molar-refractivity contribution is -0.139. The molecular formula is C18H13Cl2F3N4. The summed E-state index contributed by atoms with van der Waals surface area (Å²) in [5.74, 6) is -1.90. The van der Waals surface area contributed by atoms with Gasteiger partial charge in [0.1, 0.15) is 12.7 Å². The van der Waals surface area contributed by atoms with Gasteiger partial charge in [0.25, 0.3) is 0 Å². The van der Waals surface area contributed by atoms with Gasteiger partial charge in [-0.05, 0) is 42.0 Å². The Bertz CT molecular complexity index is 892. The molecule has 0 radical (unpaired) electrons. The first-order valence-corrected chi connectivity index (χ1v) is 8.50. The van der Waals surface area contributed by atoms with Crippen LogP contribution in [0.5, 0.6) is 0 Å². The summed E-state index contributed by atoms with van der Waals surface area (Å²) in [5, 5.41) is 5.70. The van der Waals surface area contributed by atoms with E-state index in [0.29, 0.717) is 5.69 Å². The van der Waals surface area contributed by atoms with E-state index < -0.39 is 12.1 Å². The van der Waals surface area contributed by atoms with Crippen LogP contribution < -0.4 is 5.01 Å². The molecule has 0 aliphatic rings. The number of rotatable bonds is 5. The van der Waals surface area contributed by atoms with Gasteiger partial charge in [0.05, 0.1) is 11.6 Å². The molecule has 3 rings (SSSR count). The molecule has 1 heterocycles. The first kappa shape index (κ1) is 19.3. The molecule has 1 atom stereocenters. The number of alkyl halides is 3. The predicted octanol–water partition coefficient (Wildman–Crippen LogP) is 5.71. The Morgan fingerprint density at radius 2 is 1.70 bits per heavy atom. The Hall–Kier alpha value is -2.51. The average Bonchev–Trinajstić information content (AvgIpc) is 3.11. The minimum absolute atomic E-state index is 0.0529. The zero-order chi connectivity index (χ0) is 19.4. The van der Waals surface area contributed by atoms with Crippen molar-refractivity contribution >= 4 is 28.9 Å². The molecular weight excluding hydrogens is 400 g/mol. The van der Waals surface area contributed by atoms with E-state index in [1.54, 1.807) is 30.3 Å². The molecule has 3 aromatic rings. The normalized spacial score (nSPS) is 13.1. The maximum absolute atomic E-state index is 13.7. The number of para-hydroxylation sites is 1. The highest BCUT2D eigenvalue weighted by Crippen LogP contribution is 2.38. The van der Waals surface area contributed by atoms with Crippen molar-refractivity contribution in [2.24, 2.45) is 0 Å². The van der Waals surface area contributed by atoms with E-state index in [1.165, 1.54) is 46.9 Å². The summed E-state index contributed by atoms with van der Waals surface area (Å²) < 4.78 is 41.0. The number of anilines is 1. The van der Waals surface area contributed by atoms with E-state index >= 15 is 0 Å².